The van der Waals surface area contributed by atoms with E-state index in [1.54, 1.807) is 0 Å². The first-order valence-corrected chi connectivity index (χ1v) is 5.92. The van der Waals surface area contributed by atoms with Crippen LogP contribution in [0.25, 0.3) is 0 Å². The van der Waals surface area contributed by atoms with E-state index in [-0.39, 0.29) is 0 Å². The van der Waals surface area contributed by atoms with Crippen molar-refractivity contribution in [3.63, 3.8) is 0 Å². The van der Waals surface area contributed by atoms with Gasteiger partial charge in [0.1, 0.15) is 0 Å². The van der Waals surface area contributed by atoms with Crippen molar-refractivity contribution in [1.29, 1.82) is 0 Å². The van der Waals surface area contributed by atoms with E-state index in [1.807, 2.05) is 12.4 Å². The van der Waals surface area contributed by atoms with Crippen molar-refractivity contribution < 1.29 is 4.74 Å². The molecular weight excluding hydrogens is 200 g/mol. The van der Waals surface area contributed by atoms with Gasteiger partial charge in [0.05, 0.1) is 19.3 Å². The van der Waals surface area contributed by atoms with Crippen LogP contribution in [-0.4, -0.2) is 36.7 Å². The maximum absolute atomic E-state index is 5.58. The van der Waals surface area contributed by atoms with Gasteiger partial charge >= 0.3 is 0 Å². The van der Waals surface area contributed by atoms with Gasteiger partial charge in [-0.25, -0.2) is 0 Å². The third-order valence-electron chi connectivity index (χ3n) is 3.26. The van der Waals surface area contributed by atoms with Gasteiger partial charge in [-0.05, 0) is 30.2 Å². The highest BCUT2D eigenvalue weighted by Crippen LogP contribution is 2.29. The van der Waals surface area contributed by atoms with Crippen LogP contribution in [0.2, 0.25) is 0 Å². The average Bonchev–Trinajstić information content (AvgIpc) is 2.29. The molecule has 3 nitrogen and oxygen atoms in total. The quantitative estimate of drug-likeness (QED) is 0.764. The fourth-order valence-corrected chi connectivity index (χ4v) is 2.22. The second-order valence-electron chi connectivity index (χ2n) is 4.73. The summed E-state index contributed by atoms with van der Waals surface area (Å²) in [5, 5.41) is 0. The summed E-state index contributed by atoms with van der Waals surface area (Å²) in [6, 6.07) is 2.51. The van der Waals surface area contributed by atoms with Crippen LogP contribution >= 0.6 is 0 Å². The van der Waals surface area contributed by atoms with Crippen LogP contribution in [0.5, 0.6) is 0 Å². The van der Waals surface area contributed by atoms with Crippen molar-refractivity contribution >= 4 is 0 Å². The lowest BCUT2D eigenvalue weighted by molar-refractivity contribution is 0.00465. The third kappa shape index (κ3) is 2.25. The number of hydrogen-bond acceptors (Lipinski definition) is 3. The van der Waals surface area contributed by atoms with Gasteiger partial charge in [-0.3, -0.25) is 9.88 Å². The number of rotatable bonds is 2. The van der Waals surface area contributed by atoms with E-state index in [4.69, 9.17) is 4.74 Å². The predicted octanol–water partition coefficient (Wildman–Crippen LogP) is 2.21. The van der Waals surface area contributed by atoms with E-state index in [0.717, 1.165) is 19.8 Å². The summed E-state index contributed by atoms with van der Waals surface area (Å²) < 4.78 is 5.58. The summed E-state index contributed by atoms with van der Waals surface area (Å²) in [6.07, 6.45) is 3.87. The first-order valence-electron chi connectivity index (χ1n) is 5.92. The molecule has 0 saturated carbocycles. The number of nitrogens with zero attached hydrogens (tertiary/aromatic N) is 2. The number of hydrogen-bond donors (Lipinski definition) is 0. The molecule has 0 spiro atoms. The molecule has 2 rings (SSSR count). The Hall–Kier alpha value is -0.930. The minimum Gasteiger partial charge on any atom is -0.378 e. The summed E-state index contributed by atoms with van der Waals surface area (Å²) in [7, 11) is 2.16. The van der Waals surface area contributed by atoms with Gasteiger partial charge in [0, 0.05) is 18.9 Å². The fraction of sp³-hybridized carbons (Fsp3) is 0.615. The largest absolute Gasteiger partial charge is 0.378 e. The van der Waals surface area contributed by atoms with Crippen molar-refractivity contribution in [2.75, 3.05) is 26.8 Å². The number of aromatic nitrogens is 1. The molecule has 0 bridgehead atoms. The highest BCUT2D eigenvalue weighted by atomic mass is 16.5. The smallest absolute Gasteiger partial charge is 0.0664 e. The first kappa shape index (κ1) is 11.6. The Morgan fingerprint density at radius 1 is 1.50 bits per heavy atom. The fourth-order valence-electron chi connectivity index (χ4n) is 2.22. The van der Waals surface area contributed by atoms with Crippen LogP contribution in [0.4, 0.5) is 0 Å². The summed E-state index contributed by atoms with van der Waals surface area (Å²) in [4.78, 5) is 6.59. The number of pyridine rings is 1. The average molecular weight is 220 g/mol. The van der Waals surface area contributed by atoms with Gasteiger partial charge in [0.2, 0.25) is 0 Å². The highest BCUT2D eigenvalue weighted by molar-refractivity contribution is 5.29. The van der Waals surface area contributed by atoms with E-state index < -0.39 is 0 Å². The van der Waals surface area contributed by atoms with Crippen LogP contribution in [0.3, 0.4) is 0 Å². The third-order valence-corrected chi connectivity index (χ3v) is 3.26. The second-order valence-corrected chi connectivity index (χ2v) is 4.73. The van der Waals surface area contributed by atoms with Crippen LogP contribution in [0.1, 0.15) is 36.9 Å². The molecule has 0 aliphatic carbocycles. The Morgan fingerprint density at radius 2 is 2.31 bits per heavy atom. The number of ether oxygens (including phenoxy) is 1. The number of likely N-dealkylation sites (N-methyl/N-ethyl adjacent to an activating group) is 1. The molecular formula is C13H20N2O. The van der Waals surface area contributed by atoms with Crippen LogP contribution in [-0.2, 0) is 4.74 Å². The van der Waals surface area contributed by atoms with E-state index >= 15 is 0 Å². The van der Waals surface area contributed by atoms with E-state index in [0.29, 0.717) is 12.0 Å². The Labute approximate surface area is 97.4 Å². The lowest BCUT2D eigenvalue weighted by Crippen LogP contribution is -2.37. The van der Waals surface area contributed by atoms with Crippen molar-refractivity contribution in [2.24, 2.45) is 0 Å². The second kappa shape index (κ2) is 4.93. The van der Waals surface area contributed by atoms with E-state index in [1.165, 1.54) is 11.1 Å². The zero-order chi connectivity index (χ0) is 11.5. The maximum atomic E-state index is 5.58. The molecule has 88 valence electrons. The molecule has 0 aromatic carbocycles. The Balaban J connectivity index is 2.31. The Morgan fingerprint density at radius 3 is 3.00 bits per heavy atom. The van der Waals surface area contributed by atoms with Gasteiger partial charge in [-0.2, -0.15) is 0 Å². The highest BCUT2D eigenvalue weighted by Gasteiger charge is 2.24. The van der Waals surface area contributed by atoms with E-state index in [9.17, 15) is 0 Å². The van der Waals surface area contributed by atoms with E-state index in [2.05, 4.69) is 36.8 Å². The summed E-state index contributed by atoms with van der Waals surface area (Å²) >= 11 is 0. The molecule has 2 heterocycles. The lowest BCUT2D eigenvalue weighted by atomic mass is 9.94. The van der Waals surface area contributed by atoms with Crippen LogP contribution in [0.15, 0.2) is 18.5 Å². The van der Waals surface area contributed by atoms with Gasteiger partial charge < -0.3 is 4.74 Å². The van der Waals surface area contributed by atoms with Crippen molar-refractivity contribution in [1.82, 2.24) is 9.88 Å². The Kier molecular flexibility index (Phi) is 3.56. The topological polar surface area (TPSA) is 25.4 Å². The predicted molar refractivity (Wildman–Crippen MR) is 64.5 cm³/mol. The molecule has 1 atom stereocenters. The molecule has 1 fully saturated rings. The standard InChI is InChI=1S/C13H20N2O/c1-10(2)12-8-14-5-4-11(12)13-9-16-7-6-15(13)3/h4-5,8,10,13H,6-7,9H2,1-3H3. The Bertz CT molecular complexity index is 352. The van der Waals surface area contributed by atoms with Crippen LogP contribution in [0, 0.1) is 0 Å². The number of morpholine rings is 1. The van der Waals surface area contributed by atoms with Gasteiger partial charge in [0.25, 0.3) is 0 Å². The maximum Gasteiger partial charge on any atom is 0.0664 e. The SMILES string of the molecule is CC(C)c1cnccc1C1COCCN1C. The summed E-state index contributed by atoms with van der Waals surface area (Å²) in [5.74, 6) is 0.513. The van der Waals surface area contributed by atoms with Gasteiger partial charge in [-0.1, -0.05) is 13.8 Å². The van der Waals surface area contributed by atoms with Crippen molar-refractivity contribution in [2.45, 2.75) is 25.8 Å². The normalized spacial score (nSPS) is 22.6. The molecule has 1 saturated heterocycles. The molecule has 16 heavy (non-hydrogen) atoms. The zero-order valence-electron chi connectivity index (χ0n) is 10.3. The lowest BCUT2D eigenvalue weighted by Gasteiger charge is -2.34. The summed E-state index contributed by atoms with van der Waals surface area (Å²) in [6.45, 7) is 7.06. The van der Waals surface area contributed by atoms with Crippen molar-refractivity contribution in [3.05, 3.63) is 29.6 Å². The molecule has 1 aromatic heterocycles. The summed E-state index contributed by atoms with van der Waals surface area (Å²) in [5.41, 5.74) is 2.71. The van der Waals surface area contributed by atoms with Crippen LogP contribution < -0.4 is 0 Å². The molecule has 1 unspecified atom stereocenters. The first-order chi connectivity index (χ1) is 7.70. The minimum absolute atomic E-state index is 0.383. The molecule has 1 aliphatic rings. The van der Waals surface area contributed by atoms with Gasteiger partial charge in [0.15, 0.2) is 0 Å². The molecule has 0 N–H and O–H groups in total. The zero-order valence-corrected chi connectivity index (χ0v) is 10.3. The van der Waals surface area contributed by atoms with Gasteiger partial charge in [-0.15, -0.1) is 0 Å². The monoisotopic (exact) mass is 220 g/mol. The molecule has 1 aliphatic heterocycles. The molecule has 0 radical (unpaired) electrons. The molecule has 1 aromatic rings. The molecule has 3 heteroatoms. The van der Waals surface area contributed by atoms with Crippen molar-refractivity contribution in [3.8, 4) is 0 Å². The minimum atomic E-state index is 0.383. The molecule has 0 amide bonds.